The molecule has 0 radical (unpaired) electrons. The SMILES string of the molecule is CC/C=C\C/C=C\C/C=C\C/C=C\C/C=C\CCCCCCCCCCCCCCCC(=O)OCC(COC(=O)CCCCCCCCCC)OC(=O)CCCCCCCCCCCC. The van der Waals surface area contributed by atoms with Crippen LogP contribution >= 0.6 is 0 Å². The molecule has 1 atom stereocenters. The molecule has 0 heterocycles. The lowest BCUT2D eigenvalue weighted by molar-refractivity contribution is -0.167. The van der Waals surface area contributed by atoms with Crippen LogP contribution in [-0.2, 0) is 28.6 Å². The molecule has 0 aliphatic rings. The van der Waals surface area contributed by atoms with Crippen LogP contribution in [0.5, 0.6) is 0 Å². The Balaban J connectivity index is 4.05. The van der Waals surface area contributed by atoms with Gasteiger partial charge in [0.1, 0.15) is 13.2 Å². The molecule has 0 aliphatic carbocycles. The first-order valence-electron chi connectivity index (χ1n) is 27.8. The highest BCUT2D eigenvalue weighted by Crippen LogP contribution is 2.16. The molecular weight excluding hydrogens is 805 g/mol. The fraction of sp³-hybridized carbons (Fsp3) is 0.780. The summed E-state index contributed by atoms with van der Waals surface area (Å²) in [6.45, 7) is 6.50. The van der Waals surface area contributed by atoms with Crippen LogP contribution < -0.4 is 0 Å². The summed E-state index contributed by atoms with van der Waals surface area (Å²) < 4.78 is 16.7. The quantitative estimate of drug-likeness (QED) is 0.0262. The molecule has 6 nitrogen and oxygen atoms in total. The van der Waals surface area contributed by atoms with Crippen molar-refractivity contribution in [3.63, 3.8) is 0 Å². The summed E-state index contributed by atoms with van der Waals surface area (Å²) in [6.07, 6.45) is 66.7. The Labute approximate surface area is 402 Å². The Morgan fingerprint density at radius 2 is 0.600 bits per heavy atom. The number of allylic oxidation sites excluding steroid dienone is 10. The molecular formula is C59H104O6. The standard InChI is InChI=1S/C59H104O6/c1-4-7-10-13-16-19-21-22-23-24-25-26-27-28-29-30-31-32-33-34-35-36-37-38-39-41-43-46-49-52-58(61)64-55-56(54-63-57(60)51-48-45-42-18-15-12-9-6-3)65-59(62)53-50-47-44-40-20-17-14-11-8-5-2/h7,10,16,19,22-23,25-26,28-29,56H,4-6,8-9,11-15,17-18,20-21,24,27,30-55H2,1-3H3/b10-7-,19-16-,23-22-,26-25-,29-28-. The molecule has 0 aromatic rings. The molecule has 6 heteroatoms. The Kier molecular flexibility index (Phi) is 51.3. The molecule has 0 bridgehead atoms. The number of carbonyl (C=O) groups is 3. The van der Waals surface area contributed by atoms with E-state index in [-0.39, 0.29) is 31.1 Å². The average molecular weight is 909 g/mol. The second kappa shape index (κ2) is 53.7. The van der Waals surface area contributed by atoms with Gasteiger partial charge in [0.05, 0.1) is 0 Å². The molecule has 0 spiro atoms. The number of ether oxygens (including phenoxy) is 3. The molecule has 65 heavy (non-hydrogen) atoms. The number of hydrogen-bond donors (Lipinski definition) is 0. The van der Waals surface area contributed by atoms with Crippen molar-refractivity contribution in [3.8, 4) is 0 Å². The minimum absolute atomic E-state index is 0.0701. The van der Waals surface area contributed by atoms with Gasteiger partial charge < -0.3 is 14.2 Å². The number of unbranched alkanes of at least 4 members (excludes halogenated alkanes) is 29. The molecule has 0 rings (SSSR count). The highest BCUT2D eigenvalue weighted by Gasteiger charge is 2.19. The smallest absolute Gasteiger partial charge is 0.306 e. The molecule has 0 fully saturated rings. The maximum atomic E-state index is 12.7. The zero-order chi connectivity index (χ0) is 47.2. The van der Waals surface area contributed by atoms with Crippen LogP contribution in [0.15, 0.2) is 60.8 Å². The van der Waals surface area contributed by atoms with Gasteiger partial charge in [0.15, 0.2) is 6.10 Å². The van der Waals surface area contributed by atoms with E-state index in [4.69, 9.17) is 14.2 Å². The van der Waals surface area contributed by atoms with Crippen LogP contribution in [0.3, 0.4) is 0 Å². The van der Waals surface area contributed by atoms with E-state index in [1.165, 1.54) is 148 Å². The third-order valence-electron chi connectivity index (χ3n) is 12.0. The van der Waals surface area contributed by atoms with Crippen LogP contribution in [0.2, 0.25) is 0 Å². The highest BCUT2D eigenvalue weighted by atomic mass is 16.6. The van der Waals surface area contributed by atoms with Gasteiger partial charge in [-0.2, -0.15) is 0 Å². The Morgan fingerprint density at radius 3 is 0.938 bits per heavy atom. The van der Waals surface area contributed by atoms with Gasteiger partial charge in [-0.05, 0) is 64.2 Å². The third kappa shape index (κ3) is 51.9. The van der Waals surface area contributed by atoms with Crippen molar-refractivity contribution in [3.05, 3.63) is 60.8 Å². The fourth-order valence-corrected chi connectivity index (χ4v) is 7.88. The molecule has 0 aromatic heterocycles. The monoisotopic (exact) mass is 909 g/mol. The minimum Gasteiger partial charge on any atom is -0.462 e. The van der Waals surface area contributed by atoms with E-state index in [1.807, 2.05) is 0 Å². The van der Waals surface area contributed by atoms with Crippen molar-refractivity contribution >= 4 is 17.9 Å². The lowest BCUT2D eigenvalue weighted by Gasteiger charge is -2.18. The van der Waals surface area contributed by atoms with Gasteiger partial charge in [-0.1, -0.05) is 255 Å². The van der Waals surface area contributed by atoms with Crippen molar-refractivity contribution in [1.82, 2.24) is 0 Å². The Hall–Kier alpha value is -2.89. The van der Waals surface area contributed by atoms with Gasteiger partial charge in [-0.25, -0.2) is 0 Å². The fourth-order valence-electron chi connectivity index (χ4n) is 7.88. The van der Waals surface area contributed by atoms with Gasteiger partial charge in [-0.3, -0.25) is 14.4 Å². The van der Waals surface area contributed by atoms with Crippen LogP contribution in [0.4, 0.5) is 0 Å². The van der Waals surface area contributed by atoms with Crippen molar-refractivity contribution in [2.75, 3.05) is 13.2 Å². The first-order chi connectivity index (χ1) is 32.0. The molecule has 0 saturated heterocycles. The van der Waals surface area contributed by atoms with Gasteiger partial charge in [0.25, 0.3) is 0 Å². The Morgan fingerprint density at radius 1 is 0.323 bits per heavy atom. The van der Waals surface area contributed by atoms with E-state index in [1.54, 1.807) is 0 Å². The summed E-state index contributed by atoms with van der Waals surface area (Å²) in [5, 5.41) is 0. The van der Waals surface area contributed by atoms with E-state index in [0.29, 0.717) is 19.3 Å². The molecule has 0 aromatic carbocycles. The summed E-state index contributed by atoms with van der Waals surface area (Å²) in [5.74, 6) is -0.869. The molecule has 0 N–H and O–H groups in total. The zero-order valence-corrected chi connectivity index (χ0v) is 43.0. The second-order valence-electron chi connectivity index (χ2n) is 18.5. The predicted octanol–water partition coefficient (Wildman–Crippen LogP) is 18.4. The van der Waals surface area contributed by atoms with Crippen LogP contribution in [0.25, 0.3) is 0 Å². The number of esters is 3. The molecule has 1 unspecified atom stereocenters. The van der Waals surface area contributed by atoms with E-state index >= 15 is 0 Å². The maximum absolute atomic E-state index is 12.7. The normalized spacial score (nSPS) is 12.5. The summed E-state index contributed by atoms with van der Waals surface area (Å²) in [7, 11) is 0. The van der Waals surface area contributed by atoms with Crippen LogP contribution in [0.1, 0.15) is 278 Å². The van der Waals surface area contributed by atoms with Crippen LogP contribution in [-0.4, -0.2) is 37.2 Å². The highest BCUT2D eigenvalue weighted by molar-refractivity contribution is 5.71. The molecule has 376 valence electrons. The average Bonchev–Trinajstić information content (AvgIpc) is 3.30. The molecule has 0 aliphatic heterocycles. The van der Waals surface area contributed by atoms with E-state index in [9.17, 15) is 14.4 Å². The summed E-state index contributed by atoms with van der Waals surface area (Å²) in [5.41, 5.74) is 0. The largest absolute Gasteiger partial charge is 0.462 e. The lowest BCUT2D eigenvalue weighted by Crippen LogP contribution is -2.30. The third-order valence-corrected chi connectivity index (χ3v) is 12.0. The number of hydrogen-bond acceptors (Lipinski definition) is 6. The minimum atomic E-state index is -0.766. The predicted molar refractivity (Wildman–Crippen MR) is 279 cm³/mol. The van der Waals surface area contributed by atoms with Crippen molar-refractivity contribution in [2.45, 2.75) is 284 Å². The lowest BCUT2D eigenvalue weighted by atomic mass is 10.0. The topological polar surface area (TPSA) is 78.9 Å². The van der Waals surface area contributed by atoms with Crippen molar-refractivity contribution < 1.29 is 28.6 Å². The summed E-state index contributed by atoms with van der Waals surface area (Å²) >= 11 is 0. The molecule has 0 amide bonds. The Bertz CT molecular complexity index is 1180. The summed E-state index contributed by atoms with van der Waals surface area (Å²) in [4.78, 5) is 37.8. The van der Waals surface area contributed by atoms with E-state index < -0.39 is 6.10 Å². The van der Waals surface area contributed by atoms with Crippen molar-refractivity contribution in [2.24, 2.45) is 0 Å². The van der Waals surface area contributed by atoms with Gasteiger partial charge >= 0.3 is 17.9 Å². The second-order valence-corrected chi connectivity index (χ2v) is 18.5. The molecule has 0 saturated carbocycles. The van der Waals surface area contributed by atoms with E-state index in [0.717, 1.165) is 89.9 Å². The summed E-state index contributed by atoms with van der Waals surface area (Å²) in [6, 6.07) is 0. The van der Waals surface area contributed by atoms with Crippen LogP contribution in [0, 0.1) is 0 Å². The maximum Gasteiger partial charge on any atom is 0.306 e. The van der Waals surface area contributed by atoms with Crippen molar-refractivity contribution in [1.29, 1.82) is 0 Å². The van der Waals surface area contributed by atoms with Gasteiger partial charge in [0.2, 0.25) is 0 Å². The van der Waals surface area contributed by atoms with Gasteiger partial charge in [0, 0.05) is 19.3 Å². The zero-order valence-electron chi connectivity index (χ0n) is 43.0. The first kappa shape index (κ1) is 62.1. The number of carbonyl (C=O) groups excluding carboxylic acids is 3. The van der Waals surface area contributed by atoms with Gasteiger partial charge in [-0.15, -0.1) is 0 Å². The number of rotatable bonds is 50. The van der Waals surface area contributed by atoms with E-state index in [2.05, 4.69) is 81.5 Å². The first-order valence-corrected chi connectivity index (χ1v) is 27.8.